The maximum absolute atomic E-state index is 13.0. The highest BCUT2D eigenvalue weighted by atomic mass is 32.2. The molecule has 0 unspecified atom stereocenters. The van der Waals surface area contributed by atoms with Gasteiger partial charge in [-0.05, 0) is 43.7 Å². The number of fused-ring (bicyclic) bond motifs is 1. The standard InChI is InChI=1S/C23H23N5O5S/c1-4-27-19(30)16-7-5-6-8-17(16)24-22(27)34-13-18(29)26-28-20(31)23(2,25-21(28)32)14-9-11-15(33-3)12-10-14/h5-12H,4,13H2,1-3H3,(H,25,32)(H,26,29)/t23-/m1/s1. The molecule has 0 bridgehead atoms. The highest BCUT2D eigenvalue weighted by Gasteiger charge is 2.50. The van der Waals surface area contributed by atoms with Crippen LogP contribution in [0.4, 0.5) is 4.79 Å². The minimum absolute atomic E-state index is 0.152. The number of hydrogen-bond donors (Lipinski definition) is 2. The SMILES string of the molecule is CCn1c(SCC(=O)NN2C(=O)N[C@](C)(c3ccc(OC)cc3)C2=O)nc2ccccc2c1=O. The first-order valence-corrected chi connectivity index (χ1v) is 11.5. The number of imide groups is 1. The van der Waals surface area contributed by atoms with Crippen molar-refractivity contribution in [3.8, 4) is 5.75 Å². The Morgan fingerprint density at radius 3 is 2.53 bits per heavy atom. The fourth-order valence-corrected chi connectivity index (χ4v) is 4.54. The van der Waals surface area contributed by atoms with Gasteiger partial charge in [0.2, 0.25) is 5.91 Å². The number of para-hydroxylation sites is 1. The van der Waals surface area contributed by atoms with Crippen LogP contribution >= 0.6 is 11.8 Å². The van der Waals surface area contributed by atoms with Crippen molar-refractivity contribution >= 4 is 40.5 Å². The summed E-state index contributed by atoms with van der Waals surface area (Å²) in [5.74, 6) is -0.742. The molecule has 0 aliphatic carbocycles. The van der Waals surface area contributed by atoms with Gasteiger partial charge in [-0.3, -0.25) is 24.4 Å². The minimum atomic E-state index is -1.34. The molecule has 1 fully saturated rings. The molecule has 1 aliphatic rings. The number of nitrogens with zero attached hydrogens (tertiary/aromatic N) is 3. The van der Waals surface area contributed by atoms with Gasteiger partial charge in [-0.1, -0.05) is 36.0 Å². The van der Waals surface area contributed by atoms with E-state index in [-0.39, 0.29) is 11.3 Å². The molecule has 3 aromatic rings. The smallest absolute Gasteiger partial charge is 0.344 e. The summed E-state index contributed by atoms with van der Waals surface area (Å²) in [6, 6.07) is 13.0. The number of nitrogens with one attached hydrogen (secondary N) is 2. The molecule has 176 valence electrons. The fraction of sp³-hybridized carbons (Fsp3) is 0.261. The maximum Gasteiger partial charge on any atom is 0.344 e. The summed E-state index contributed by atoms with van der Waals surface area (Å²) in [4.78, 5) is 55.3. The van der Waals surface area contributed by atoms with Crippen molar-refractivity contribution in [1.29, 1.82) is 0 Å². The van der Waals surface area contributed by atoms with E-state index in [1.54, 1.807) is 55.5 Å². The fourth-order valence-electron chi connectivity index (χ4n) is 3.68. The van der Waals surface area contributed by atoms with Gasteiger partial charge in [-0.15, -0.1) is 0 Å². The number of aromatic nitrogens is 2. The minimum Gasteiger partial charge on any atom is -0.497 e. The van der Waals surface area contributed by atoms with E-state index >= 15 is 0 Å². The molecule has 34 heavy (non-hydrogen) atoms. The van der Waals surface area contributed by atoms with Gasteiger partial charge in [-0.2, -0.15) is 5.01 Å². The van der Waals surface area contributed by atoms with Crippen molar-refractivity contribution < 1.29 is 19.1 Å². The molecule has 4 rings (SSSR count). The second-order valence-corrected chi connectivity index (χ2v) is 8.65. The lowest BCUT2D eigenvalue weighted by Crippen LogP contribution is -2.48. The molecule has 0 radical (unpaired) electrons. The molecular formula is C23H23N5O5S. The molecule has 2 heterocycles. The normalized spacial score (nSPS) is 17.7. The predicted octanol–water partition coefficient (Wildman–Crippen LogP) is 2.02. The van der Waals surface area contributed by atoms with Crippen LogP contribution in [0.2, 0.25) is 0 Å². The van der Waals surface area contributed by atoms with Crippen LogP contribution in [0.5, 0.6) is 5.75 Å². The van der Waals surface area contributed by atoms with Gasteiger partial charge in [0.1, 0.15) is 11.3 Å². The summed E-state index contributed by atoms with van der Waals surface area (Å²) >= 11 is 1.05. The summed E-state index contributed by atoms with van der Waals surface area (Å²) in [5, 5.41) is 4.17. The van der Waals surface area contributed by atoms with Crippen LogP contribution in [0, 0.1) is 0 Å². The molecule has 11 heteroatoms. The number of carbonyl (C=O) groups excluding carboxylic acids is 3. The van der Waals surface area contributed by atoms with Crippen molar-refractivity contribution in [3.05, 3.63) is 64.4 Å². The van der Waals surface area contributed by atoms with E-state index in [2.05, 4.69) is 15.7 Å². The van der Waals surface area contributed by atoms with Crippen molar-refractivity contribution in [2.45, 2.75) is 31.1 Å². The Bertz CT molecular complexity index is 1340. The van der Waals surface area contributed by atoms with Gasteiger partial charge >= 0.3 is 6.03 Å². The number of hydrogen-bond acceptors (Lipinski definition) is 7. The van der Waals surface area contributed by atoms with Crippen LogP contribution in [-0.4, -0.2) is 45.3 Å². The van der Waals surface area contributed by atoms with E-state index in [0.717, 1.165) is 11.8 Å². The summed E-state index contributed by atoms with van der Waals surface area (Å²) in [6.45, 7) is 3.76. The first-order valence-electron chi connectivity index (χ1n) is 10.5. The highest BCUT2D eigenvalue weighted by Crippen LogP contribution is 2.29. The first-order chi connectivity index (χ1) is 16.3. The van der Waals surface area contributed by atoms with E-state index in [9.17, 15) is 19.2 Å². The monoisotopic (exact) mass is 481 g/mol. The number of urea groups is 1. The number of hydrazine groups is 1. The van der Waals surface area contributed by atoms with Crippen molar-refractivity contribution in [2.75, 3.05) is 12.9 Å². The Hall–Kier alpha value is -3.86. The van der Waals surface area contributed by atoms with Crippen LogP contribution in [0.3, 0.4) is 0 Å². The van der Waals surface area contributed by atoms with E-state index in [0.29, 0.717) is 38.9 Å². The van der Waals surface area contributed by atoms with Gasteiger partial charge in [0.05, 0.1) is 23.8 Å². The first kappa shape index (κ1) is 23.3. The molecular weight excluding hydrogens is 458 g/mol. The lowest BCUT2D eigenvalue weighted by molar-refractivity contribution is -0.138. The summed E-state index contributed by atoms with van der Waals surface area (Å²) in [7, 11) is 1.53. The molecule has 2 aromatic carbocycles. The Balaban J connectivity index is 1.48. The molecule has 0 spiro atoms. The predicted molar refractivity (Wildman–Crippen MR) is 126 cm³/mol. The molecule has 1 saturated heterocycles. The lowest BCUT2D eigenvalue weighted by atomic mass is 9.92. The van der Waals surface area contributed by atoms with E-state index in [4.69, 9.17) is 4.74 Å². The number of ether oxygens (including phenoxy) is 1. The molecule has 1 atom stereocenters. The van der Waals surface area contributed by atoms with Crippen molar-refractivity contribution in [1.82, 2.24) is 25.3 Å². The molecule has 0 saturated carbocycles. The van der Waals surface area contributed by atoms with E-state index in [1.807, 2.05) is 6.92 Å². The van der Waals surface area contributed by atoms with Crippen molar-refractivity contribution in [3.63, 3.8) is 0 Å². The van der Waals surface area contributed by atoms with Crippen LogP contribution < -0.4 is 21.0 Å². The molecule has 1 aromatic heterocycles. The van der Waals surface area contributed by atoms with Gasteiger partial charge in [0.15, 0.2) is 5.16 Å². The Morgan fingerprint density at radius 1 is 1.15 bits per heavy atom. The number of rotatable bonds is 7. The number of benzene rings is 2. The van der Waals surface area contributed by atoms with Crippen LogP contribution in [0.15, 0.2) is 58.5 Å². The quantitative estimate of drug-likeness (QED) is 0.301. The number of carbonyl (C=O) groups is 3. The van der Waals surface area contributed by atoms with Gasteiger partial charge in [0, 0.05) is 6.54 Å². The van der Waals surface area contributed by atoms with Crippen molar-refractivity contribution in [2.24, 2.45) is 0 Å². The summed E-state index contributed by atoms with van der Waals surface area (Å²) in [6.07, 6.45) is 0. The summed E-state index contributed by atoms with van der Waals surface area (Å²) in [5.41, 5.74) is 1.90. The Kier molecular flexibility index (Phi) is 6.29. The second kappa shape index (κ2) is 9.18. The lowest BCUT2D eigenvalue weighted by Gasteiger charge is -2.22. The second-order valence-electron chi connectivity index (χ2n) is 7.71. The average Bonchev–Trinajstić information content (AvgIpc) is 3.06. The zero-order valence-corrected chi connectivity index (χ0v) is 19.6. The third-order valence-corrected chi connectivity index (χ3v) is 6.55. The molecule has 10 nitrogen and oxygen atoms in total. The zero-order valence-electron chi connectivity index (χ0n) is 18.8. The van der Waals surface area contributed by atoms with Gasteiger partial charge < -0.3 is 10.1 Å². The average molecular weight is 482 g/mol. The maximum atomic E-state index is 13.0. The molecule has 1 aliphatic heterocycles. The van der Waals surface area contributed by atoms with E-state index in [1.165, 1.54) is 11.7 Å². The number of amides is 4. The molecule has 2 N–H and O–H groups in total. The summed E-state index contributed by atoms with van der Waals surface area (Å²) < 4.78 is 6.61. The third kappa shape index (κ3) is 4.10. The van der Waals surface area contributed by atoms with Gasteiger partial charge in [0.25, 0.3) is 11.5 Å². The zero-order chi connectivity index (χ0) is 24.5. The number of methoxy groups -OCH3 is 1. The van der Waals surface area contributed by atoms with Crippen LogP contribution in [0.1, 0.15) is 19.4 Å². The Morgan fingerprint density at radius 2 is 1.85 bits per heavy atom. The number of thioether (sulfide) groups is 1. The topological polar surface area (TPSA) is 123 Å². The Labute approximate surface area is 199 Å². The van der Waals surface area contributed by atoms with E-state index < -0.39 is 23.4 Å². The van der Waals surface area contributed by atoms with Crippen LogP contribution in [-0.2, 0) is 21.7 Å². The third-order valence-electron chi connectivity index (χ3n) is 5.57. The van der Waals surface area contributed by atoms with Gasteiger partial charge in [-0.25, -0.2) is 9.78 Å². The largest absolute Gasteiger partial charge is 0.497 e. The molecule has 4 amide bonds. The highest BCUT2D eigenvalue weighted by molar-refractivity contribution is 7.99. The van der Waals surface area contributed by atoms with Crippen LogP contribution in [0.25, 0.3) is 10.9 Å².